The molecule has 1 saturated heterocycles. The lowest BCUT2D eigenvalue weighted by molar-refractivity contribution is -0.127. The van der Waals surface area contributed by atoms with E-state index in [1.807, 2.05) is 27.8 Å². The number of aryl methyl sites for hydroxylation is 2. The monoisotopic (exact) mass is 373 g/mol. The third kappa shape index (κ3) is 3.66. The van der Waals surface area contributed by atoms with Crippen molar-refractivity contribution in [3.63, 3.8) is 0 Å². The molecule has 8 heteroatoms. The Hall–Kier alpha value is -2.48. The predicted molar refractivity (Wildman–Crippen MR) is 100 cm³/mol. The predicted octanol–water partition coefficient (Wildman–Crippen LogP) is 1.33. The van der Waals surface area contributed by atoms with Crippen LogP contribution in [0.25, 0.3) is 0 Å². The van der Waals surface area contributed by atoms with Crippen LogP contribution in [0.3, 0.4) is 0 Å². The number of nitrogens with zero attached hydrogens (tertiary/aromatic N) is 3. The topological polar surface area (TPSA) is 102 Å². The highest BCUT2D eigenvalue weighted by Crippen LogP contribution is 2.36. The molecule has 0 bridgehead atoms. The van der Waals surface area contributed by atoms with E-state index in [0.29, 0.717) is 25.0 Å². The summed E-state index contributed by atoms with van der Waals surface area (Å²) in [6, 6.07) is 0. The standard InChI is InChI=1S/C19H27N5O3/c1-5-12-15(19(26)23-22-16(12)6-2)9-20-18(25)13-7-8-27-17(13)14-10-21-24(4)11(14)3/h10,13,17H,5-9H2,1-4H3,(H,20,25)(H,23,26)/t13-,17-/m0/s1. The van der Waals surface area contributed by atoms with Gasteiger partial charge in [-0.25, -0.2) is 5.10 Å². The quantitative estimate of drug-likeness (QED) is 0.795. The molecule has 27 heavy (non-hydrogen) atoms. The molecule has 8 nitrogen and oxygen atoms in total. The minimum absolute atomic E-state index is 0.0999. The van der Waals surface area contributed by atoms with Crippen LogP contribution in [0.5, 0.6) is 0 Å². The number of nitrogens with one attached hydrogen (secondary N) is 2. The fourth-order valence-electron chi connectivity index (χ4n) is 3.73. The molecule has 1 fully saturated rings. The van der Waals surface area contributed by atoms with Crippen LogP contribution in [0.15, 0.2) is 11.0 Å². The minimum Gasteiger partial charge on any atom is -0.373 e. The van der Waals surface area contributed by atoms with E-state index in [2.05, 4.69) is 20.6 Å². The summed E-state index contributed by atoms with van der Waals surface area (Å²) in [5.41, 5.74) is 4.07. The molecule has 3 heterocycles. The Bertz CT molecular complexity index is 886. The van der Waals surface area contributed by atoms with Gasteiger partial charge in [0.15, 0.2) is 0 Å². The average molecular weight is 373 g/mol. The summed E-state index contributed by atoms with van der Waals surface area (Å²) in [6.45, 7) is 6.69. The van der Waals surface area contributed by atoms with Crippen molar-refractivity contribution in [2.24, 2.45) is 13.0 Å². The van der Waals surface area contributed by atoms with Gasteiger partial charge in [-0.1, -0.05) is 13.8 Å². The lowest BCUT2D eigenvalue weighted by atomic mass is 9.94. The van der Waals surface area contributed by atoms with Gasteiger partial charge in [-0.05, 0) is 31.7 Å². The third-order valence-electron chi connectivity index (χ3n) is 5.42. The van der Waals surface area contributed by atoms with E-state index in [9.17, 15) is 9.59 Å². The van der Waals surface area contributed by atoms with E-state index in [1.54, 1.807) is 10.9 Å². The van der Waals surface area contributed by atoms with Crippen molar-refractivity contribution < 1.29 is 9.53 Å². The van der Waals surface area contributed by atoms with E-state index in [0.717, 1.165) is 28.9 Å². The smallest absolute Gasteiger partial charge is 0.269 e. The van der Waals surface area contributed by atoms with E-state index < -0.39 is 0 Å². The van der Waals surface area contributed by atoms with Crippen molar-refractivity contribution >= 4 is 5.91 Å². The van der Waals surface area contributed by atoms with Crippen LogP contribution in [0.1, 0.15) is 54.5 Å². The Kier molecular flexibility index (Phi) is 5.74. The maximum absolute atomic E-state index is 12.8. The second kappa shape index (κ2) is 8.04. The zero-order valence-electron chi connectivity index (χ0n) is 16.3. The molecule has 0 aliphatic carbocycles. The van der Waals surface area contributed by atoms with Crippen LogP contribution < -0.4 is 10.9 Å². The molecule has 3 rings (SSSR count). The van der Waals surface area contributed by atoms with Crippen LogP contribution in [-0.4, -0.2) is 32.5 Å². The summed E-state index contributed by atoms with van der Waals surface area (Å²) in [7, 11) is 1.87. The SMILES string of the molecule is CCc1n[nH]c(=O)c(CNC(=O)[C@H]2CCO[C@@H]2c2cnn(C)c2C)c1CC. The molecule has 2 aromatic rings. The van der Waals surface area contributed by atoms with Crippen molar-refractivity contribution in [3.05, 3.63) is 44.6 Å². The maximum Gasteiger partial charge on any atom is 0.269 e. The molecule has 2 aromatic heterocycles. The van der Waals surface area contributed by atoms with Crippen molar-refractivity contribution in [3.8, 4) is 0 Å². The first kappa shape index (κ1) is 19.3. The molecule has 2 N–H and O–H groups in total. The van der Waals surface area contributed by atoms with Gasteiger partial charge in [-0.3, -0.25) is 14.3 Å². The molecule has 1 aliphatic heterocycles. The molecule has 0 spiro atoms. The number of hydrogen-bond acceptors (Lipinski definition) is 5. The van der Waals surface area contributed by atoms with Gasteiger partial charge in [0.1, 0.15) is 0 Å². The lowest BCUT2D eigenvalue weighted by Gasteiger charge is -2.19. The first-order valence-electron chi connectivity index (χ1n) is 9.44. The van der Waals surface area contributed by atoms with Gasteiger partial charge in [0.25, 0.3) is 5.56 Å². The largest absolute Gasteiger partial charge is 0.373 e. The van der Waals surface area contributed by atoms with Gasteiger partial charge in [0.2, 0.25) is 5.91 Å². The first-order chi connectivity index (χ1) is 13.0. The fourth-order valence-corrected chi connectivity index (χ4v) is 3.73. The van der Waals surface area contributed by atoms with Crippen molar-refractivity contribution in [1.82, 2.24) is 25.3 Å². The molecule has 0 saturated carbocycles. The fraction of sp³-hybridized carbons (Fsp3) is 0.579. The van der Waals surface area contributed by atoms with Gasteiger partial charge in [-0.15, -0.1) is 0 Å². The number of carbonyl (C=O) groups excluding carboxylic acids is 1. The van der Waals surface area contributed by atoms with E-state index in [1.165, 1.54) is 0 Å². The van der Waals surface area contributed by atoms with Gasteiger partial charge in [0, 0.05) is 37.0 Å². The van der Waals surface area contributed by atoms with Crippen molar-refractivity contribution in [1.29, 1.82) is 0 Å². The minimum atomic E-state index is -0.300. The van der Waals surface area contributed by atoms with Crippen LogP contribution in [-0.2, 0) is 36.0 Å². The van der Waals surface area contributed by atoms with E-state index in [-0.39, 0.29) is 30.0 Å². The third-order valence-corrected chi connectivity index (χ3v) is 5.42. The zero-order chi connectivity index (χ0) is 19.6. The Balaban J connectivity index is 1.76. The van der Waals surface area contributed by atoms with E-state index >= 15 is 0 Å². The van der Waals surface area contributed by atoms with Gasteiger partial charge >= 0.3 is 0 Å². The molecule has 0 aromatic carbocycles. The number of aromatic amines is 1. The molecule has 2 atom stereocenters. The Morgan fingerprint density at radius 1 is 1.37 bits per heavy atom. The molecule has 1 aliphatic rings. The number of amides is 1. The van der Waals surface area contributed by atoms with E-state index in [4.69, 9.17) is 4.74 Å². The van der Waals surface area contributed by atoms with Crippen molar-refractivity contribution in [2.75, 3.05) is 6.61 Å². The number of ether oxygens (including phenoxy) is 1. The summed E-state index contributed by atoms with van der Waals surface area (Å²) in [5, 5.41) is 13.9. The summed E-state index contributed by atoms with van der Waals surface area (Å²) < 4.78 is 7.61. The number of hydrogen-bond donors (Lipinski definition) is 2. The molecule has 0 unspecified atom stereocenters. The summed E-state index contributed by atoms with van der Waals surface area (Å²) in [6.07, 6.45) is 3.56. The summed E-state index contributed by atoms with van der Waals surface area (Å²) in [5.74, 6) is -0.387. The molecular formula is C19H27N5O3. The summed E-state index contributed by atoms with van der Waals surface area (Å²) >= 11 is 0. The molecular weight excluding hydrogens is 346 g/mol. The molecule has 0 radical (unpaired) electrons. The number of H-pyrrole nitrogens is 1. The lowest BCUT2D eigenvalue weighted by Crippen LogP contribution is -2.34. The second-order valence-electron chi connectivity index (χ2n) is 6.88. The van der Waals surface area contributed by atoms with Crippen molar-refractivity contribution in [2.45, 2.75) is 52.7 Å². The van der Waals surface area contributed by atoms with Crippen LogP contribution >= 0.6 is 0 Å². The van der Waals surface area contributed by atoms with Gasteiger partial charge in [-0.2, -0.15) is 10.2 Å². The Morgan fingerprint density at radius 3 is 2.78 bits per heavy atom. The molecule has 146 valence electrons. The maximum atomic E-state index is 12.8. The Morgan fingerprint density at radius 2 is 2.15 bits per heavy atom. The van der Waals surface area contributed by atoms with Gasteiger partial charge < -0.3 is 10.1 Å². The highest BCUT2D eigenvalue weighted by atomic mass is 16.5. The second-order valence-corrected chi connectivity index (χ2v) is 6.88. The van der Waals surface area contributed by atoms with Crippen LogP contribution in [0.2, 0.25) is 0 Å². The first-order valence-corrected chi connectivity index (χ1v) is 9.44. The summed E-state index contributed by atoms with van der Waals surface area (Å²) in [4.78, 5) is 25.1. The van der Waals surface area contributed by atoms with Gasteiger partial charge in [0.05, 0.1) is 23.9 Å². The number of rotatable bonds is 6. The highest BCUT2D eigenvalue weighted by Gasteiger charge is 2.37. The zero-order valence-corrected chi connectivity index (χ0v) is 16.3. The van der Waals surface area contributed by atoms with Crippen LogP contribution in [0.4, 0.5) is 0 Å². The average Bonchev–Trinajstić information content (AvgIpc) is 3.27. The molecule has 1 amide bonds. The highest BCUT2D eigenvalue weighted by molar-refractivity contribution is 5.79. The van der Waals surface area contributed by atoms with Crippen LogP contribution in [0, 0.1) is 12.8 Å². The Labute approximate surface area is 158 Å². The number of aromatic nitrogens is 4. The normalized spacial score (nSPS) is 19.4. The number of carbonyl (C=O) groups is 1.